The van der Waals surface area contributed by atoms with Gasteiger partial charge in [0.25, 0.3) is 0 Å². The number of ether oxygens (including phenoxy) is 1. The fourth-order valence-electron chi connectivity index (χ4n) is 3.02. The smallest absolute Gasteiger partial charge is 0.162 e. The number of rotatable bonds is 6. The van der Waals surface area contributed by atoms with Crippen LogP contribution in [0.2, 0.25) is 0 Å². The van der Waals surface area contributed by atoms with Gasteiger partial charge < -0.3 is 4.74 Å². The summed E-state index contributed by atoms with van der Waals surface area (Å²) >= 11 is 0. The molecule has 1 unspecified atom stereocenters. The van der Waals surface area contributed by atoms with Crippen LogP contribution >= 0.6 is 12.4 Å². The van der Waals surface area contributed by atoms with Gasteiger partial charge in [-0.15, -0.1) is 12.4 Å². The highest BCUT2D eigenvalue weighted by molar-refractivity contribution is 5.95. The number of carbonyl (C=O) groups excluding carboxylic acids is 1. The number of hydrogen-bond donors (Lipinski definition) is 0. The molecule has 3 rings (SSSR count). The van der Waals surface area contributed by atoms with Crippen LogP contribution in [0.5, 0.6) is 0 Å². The Hall–Kier alpha value is -1.75. The Morgan fingerprint density at radius 1 is 1.12 bits per heavy atom. The van der Waals surface area contributed by atoms with Crippen molar-refractivity contribution in [2.75, 3.05) is 26.2 Å². The number of nitrogens with zero attached hydrogens (tertiary/aromatic N) is 1. The van der Waals surface area contributed by atoms with Crippen molar-refractivity contribution in [2.45, 2.75) is 18.9 Å². The molecule has 134 valence electrons. The summed E-state index contributed by atoms with van der Waals surface area (Å²) in [5.74, 6) is -0.241. The number of carbonyl (C=O) groups is 1. The second-order valence-electron chi connectivity index (χ2n) is 6.10. The zero-order valence-corrected chi connectivity index (χ0v) is 14.9. The first-order valence-electron chi connectivity index (χ1n) is 8.40. The van der Waals surface area contributed by atoms with E-state index in [1.165, 1.54) is 17.7 Å². The normalized spacial score (nSPS) is 17.7. The van der Waals surface area contributed by atoms with Gasteiger partial charge in [0, 0.05) is 25.1 Å². The van der Waals surface area contributed by atoms with Gasteiger partial charge in [-0.25, -0.2) is 4.39 Å². The van der Waals surface area contributed by atoms with E-state index in [1.807, 2.05) is 18.2 Å². The maximum Gasteiger partial charge on any atom is 0.162 e. The second kappa shape index (κ2) is 9.66. The summed E-state index contributed by atoms with van der Waals surface area (Å²) in [6.07, 6.45) is 1.39. The molecule has 0 spiro atoms. The van der Waals surface area contributed by atoms with E-state index in [4.69, 9.17) is 4.74 Å². The van der Waals surface area contributed by atoms with E-state index in [9.17, 15) is 9.18 Å². The third kappa shape index (κ3) is 5.63. The Morgan fingerprint density at radius 2 is 1.84 bits per heavy atom. The van der Waals surface area contributed by atoms with Gasteiger partial charge in [0.15, 0.2) is 5.78 Å². The summed E-state index contributed by atoms with van der Waals surface area (Å²) in [5.41, 5.74) is 1.78. The van der Waals surface area contributed by atoms with E-state index < -0.39 is 0 Å². The molecule has 1 fully saturated rings. The molecule has 1 atom stereocenters. The lowest BCUT2D eigenvalue weighted by molar-refractivity contribution is -0.0302. The molecule has 3 nitrogen and oxygen atoms in total. The van der Waals surface area contributed by atoms with Crippen LogP contribution in [0.1, 0.15) is 34.9 Å². The lowest BCUT2D eigenvalue weighted by Gasteiger charge is -2.33. The summed E-state index contributed by atoms with van der Waals surface area (Å²) in [4.78, 5) is 14.5. The number of benzene rings is 2. The molecular formula is C20H23ClFNO2. The van der Waals surface area contributed by atoms with Gasteiger partial charge in [-0.1, -0.05) is 30.3 Å². The SMILES string of the molecule is Cl.O=C(CCCN1CCOC(c2ccccc2)C1)c1ccc(F)cc1. The molecule has 0 aromatic heterocycles. The predicted molar refractivity (Wildman–Crippen MR) is 98.8 cm³/mol. The zero-order valence-electron chi connectivity index (χ0n) is 14.1. The maximum absolute atomic E-state index is 12.9. The highest BCUT2D eigenvalue weighted by atomic mass is 35.5. The van der Waals surface area contributed by atoms with Crippen molar-refractivity contribution in [3.63, 3.8) is 0 Å². The van der Waals surface area contributed by atoms with E-state index >= 15 is 0 Å². The second-order valence-corrected chi connectivity index (χ2v) is 6.10. The summed E-state index contributed by atoms with van der Waals surface area (Å²) in [6, 6.07) is 16.0. The van der Waals surface area contributed by atoms with Gasteiger partial charge in [0.2, 0.25) is 0 Å². The lowest BCUT2D eigenvalue weighted by Crippen LogP contribution is -2.38. The van der Waals surface area contributed by atoms with E-state index in [2.05, 4.69) is 17.0 Å². The minimum atomic E-state index is -0.313. The Kier molecular flexibility index (Phi) is 7.56. The van der Waals surface area contributed by atoms with Gasteiger partial charge in [-0.05, 0) is 42.8 Å². The average Bonchev–Trinajstić information content (AvgIpc) is 2.63. The highest BCUT2D eigenvalue weighted by Crippen LogP contribution is 2.22. The molecule has 2 aromatic rings. The third-order valence-corrected chi connectivity index (χ3v) is 4.37. The van der Waals surface area contributed by atoms with Crippen molar-refractivity contribution in [2.24, 2.45) is 0 Å². The average molecular weight is 364 g/mol. The van der Waals surface area contributed by atoms with Crippen LogP contribution in [-0.2, 0) is 4.74 Å². The predicted octanol–water partition coefficient (Wildman–Crippen LogP) is 4.28. The molecule has 5 heteroatoms. The maximum atomic E-state index is 12.9. The van der Waals surface area contributed by atoms with Crippen LogP contribution in [0.25, 0.3) is 0 Å². The van der Waals surface area contributed by atoms with Crippen LogP contribution in [0.15, 0.2) is 54.6 Å². The number of morpholine rings is 1. The summed E-state index contributed by atoms with van der Waals surface area (Å²) in [6.45, 7) is 3.34. The molecule has 0 saturated carbocycles. The topological polar surface area (TPSA) is 29.5 Å². The van der Waals surface area contributed by atoms with E-state index in [-0.39, 0.29) is 30.1 Å². The Balaban J connectivity index is 0.00000225. The van der Waals surface area contributed by atoms with Gasteiger partial charge in [-0.2, -0.15) is 0 Å². The molecule has 25 heavy (non-hydrogen) atoms. The number of hydrogen-bond acceptors (Lipinski definition) is 3. The largest absolute Gasteiger partial charge is 0.371 e. The van der Waals surface area contributed by atoms with Crippen molar-refractivity contribution in [1.82, 2.24) is 4.90 Å². The van der Waals surface area contributed by atoms with Gasteiger partial charge in [0.1, 0.15) is 5.82 Å². The molecule has 0 aliphatic carbocycles. The summed E-state index contributed by atoms with van der Waals surface area (Å²) < 4.78 is 18.7. The molecule has 1 aliphatic heterocycles. The first-order chi connectivity index (χ1) is 11.7. The molecule has 1 heterocycles. The third-order valence-electron chi connectivity index (χ3n) is 4.37. The van der Waals surface area contributed by atoms with Gasteiger partial charge >= 0.3 is 0 Å². The Morgan fingerprint density at radius 3 is 2.56 bits per heavy atom. The summed E-state index contributed by atoms with van der Waals surface area (Å²) in [7, 11) is 0. The monoisotopic (exact) mass is 363 g/mol. The summed E-state index contributed by atoms with van der Waals surface area (Å²) in [5, 5.41) is 0. The molecule has 2 aromatic carbocycles. The van der Waals surface area contributed by atoms with Crippen LogP contribution in [0.3, 0.4) is 0 Å². The highest BCUT2D eigenvalue weighted by Gasteiger charge is 2.21. The standard InChI is InChI=1S/C20H22FNO2.ClH/c21-18-10-8-16(9-11-18)19(23)7-4-12-22-13-14-24-20(15-22)17-5-2-1-3-6-17;/h1-3,5-6,8-11,20H,4,7,12-15H2;1H. The first-order valence-corrected chi connectivity index (χ1v) is 8.40. The molecule has 0 amide bonds. The Labute approximate surface area is 154 Å². The Bertz CT molecular complexity index is 663. The van der Waals surface area contributed by atoms with Crippen LogP contribution < -0.4 is 0 Å². The molecule has 0 radical (unpaired) electrons. The fourth-order valence-corrected chi connectivity index (χ4v) is 3.02. The van der Waals surface area contributed by atoms with Crippen molar-refractivity contribution < 1.29 is 13.9 Å². The fraction of sp³-hybridized carbons (Fsp3) is 0.350. The number of Topliss-reactive ketones (excluding diaryl/α,β-unsaturated/α-hetero) is 1. The van der Waals surface area contributed by atoms with Crippen molar-refractivity contribution >= 4 is 18.2 Å². The number of halogens is 2. The molecule has 0 bridgehead atoms. The zero-order chi connectivity index (χ0) is 16.8. The molecular weight excluding hydrogens is 341 g/mol. The molecule has 0 N–H and O–H groups in total. The van der Waals surface area contributed by atoms with Crippen molar-refractivity contribution in [3.8, 4) is 0 Å². The first kappa shape index (κ1) is 19.6. The van der Waals surface area contributed by atoms with Gasteiger partial charge in [0.05, 0.1) is 12.7 Å². The van der Waals surface area contributed by atoms with Crippen LogP contribution in [0.4, 0.5) is 4.39 Å². The van der Waals surface area contributed by atoms with Crippen LogP contribution in [0, 0.1) is 5.82 Å². The lowest BCUT2D eigenvalue weighted by atomic mass is 10.1. The molecule has 1 aliphatic rings. The van der Waals surface area contributed by atoms with Crippen molar-refractivity contribution in [3.05, 3.63) is 71.5 Å². The minimum Gasteiger partial charge on any atom is -0.371 e. The molecule has 1 saturated heterocycles. The minimum absolute atomic E-state index is 0. The van der Waals surface area contributed by atoms with Crippen molar-refractivity contribution in [1.29, 1.82) is 0 Å². The van der Waals surface area contributed by atoms with E-state index in [0.717, 1.165) is 26.1 Å². The number of ketones is 1. The quantitative estimate of drug-likeness (QED) is 0.717. The van der Waals surface area contributed by atoms with Gasteiger partial charge in [-0.3, -0.25) is 9.69 Å². The van der Waals surface area contributed by atoms with Crippen LogP contribution in [-0.4, -0.2) is 36.9 Å². The van der Waals surface area contributed by atoms with E-state index in [1.54, 1.807) is 12.1 Å². The van der Waals surface area contributed by atoms with E-state index in [0.29, 0.717) is 18.6 Å².